The highest BCUT2D eigenvalue weighted by Crippen LogP contribution is 2.22. The summed E-state index contributed by atoms with van der Waals surface area (Å²) in [5.41, 5.74) is 0.577. The molecule has 0 saturated carbocycles. The summed E-state index contributed by atoms with van der Waals surface area (Å²) in [4.78, 5) is 0.125. The number of hydrogen-bond donors (Lipinski definition) is 2. The number of sulfonamides is 1. The molecule has 0 aliphatic rings. The normalized spacial score (nSPS) is 15.5. The van der Waals surface area contributed by atoms with E-state index in [2.05, 4.69) is 0 Å². The van der Waals surface area contributed by atoms with Crippen molar-refractivity contribution < 1.29 is 18.6 Å². The summed E-state index contributed by atoms with van der Waals surface area (Å²) in [6, 6.07) is 5.78. The summed E-state index contributed by atoms with van der Waals surface area (Å²) >= 11 is 0. The molecule has 0 aliphatic carbocycles. The monoisotopic (exact) mass is 287 g/mol. The van der Waals surface area contributed by atoms with Crippen LogP contribution in [-0.4, -0.2) is 42.6 Å². The Bertz CT molecular complexity index is 515. The molecule has 0 saturated heterocycles. The number of aliphatic hydroxyl groups excluding tert-OH is 2. The maximum atomic E-state index is 12.3. The van der Waals surface area contributed by atoms with E-state index in [0.717, 1.165) is 4.31 Å². The summed E-state index contributed by atoms with van der Waals surface area (Å²) in [5, 5.41) is 18.8. The van der Waals surface area contributed by atoms with Gasteiger partial charge in [-0.3, -0.25) is 0 Å². The topological polar surface area (TPSA) is 77.8 Å². The molecular formula is C13H21NO4S. The molecule has 1 aromatic carbocycles. The highest BCUT2D eigenvalue weighted by Gasteiger charge is 2.25. The number of rotatable bonds is 6. The maximum Gasteiger partial charge on any atom is 0.243 e. The molecule has 5 nitrogen and oxygen atoms in total. The zero-order valence-corrected chi connectivity index (χ0v) is 12.3. The molecule has 1 rings (SSSR count). The zero-order chi connectivity index (χ0) is 14.6. The minimum atomic E-state index is -3.65. The first-order valence-corrected chi connectivity index (χ1v) is 7.65. The van der Waals surface area contributed by atoms with Crippen molar-refractivity contribution in [2.75, 3.05) is 13.7 Å². The minimum Gasteiger partial charge on any atom is -0.395 e. The molecule has 19 heavy (non-hydrogen) atoms. The van der Waals surface area contributed by atoms with Gasteiger partial charge in [0.2, 0.25) is 10.0 Å². The molecule has 1 aromatic rings. The first kappa shape index (κ1) is 16.1. The second kappa shape index (κ2) is 6.47. The number of hydrogen-bond acceptors (Lipinski definition) is 4. The molecule has 0 amide bonds. The van der Waals surface area contributed by atoms with E-state index in [9.17, 15) is 13.5 Å². The van der Waals surface area contributed by atoms with Crippen molar-refractivity contribution in [3.05, 3.63) is 29.8 Å². The van der Waals surface area contributed by atoms with Crippen LogP contribution in [0.1, 0.15) is 31.9 Å². The van der Waals surface area contributed by atoms with Crippen LogP contribution in [0.15, 0.2) is 29.2 Å². The van der Waals surface area contributed by atoms with Gasteiger partial charge >= 0.3 is 0 Å². The van der Waals surface area contributed by atoms with Gasteiger partial charge in [-0.15, -0.1) is 0 Å². The number of nitrogens with zero attached hydrogens (tertiary/aromatic N) is 1. The summed E-state index contributed by atoms with van der Waals surface area (Å²) < 4.78 is 25.8. The summed E-state index contributed by atoms with van der Waals surface area (Å²) in [7, 11) is -2.22. The van der Waals surface area contributed by atoms with Crippen LogP contribution in [0, 0.1) is 0 Å². The zero-order valence-electron chi connectivity index (χ0n) is 11.4. The van der Waals surface area contributed by atoms with Crippen LogP contribution in [0.4, 0.5) is 0 Å². The van der Waals surface area contributed by atoms with Gasteiger partial charge in [-0.2, -0.15) is 4.31 Å². The minimum absolute atomic E-state index is 0.125. The SMILES string of the molecule is CCC(O)c1cccc(S(=O)(=O)N(C)C(C)CO)c1. The van der Waals surface area contributed by atoms with Gasteiger partial charge in [0.15, 0.2) is 0 Å². The summed E-state index contributed by atoms with van der Waals surface area (Å²) in [6.45, 7) is 3.21. The van der Waals surface area contributed by atoms with Crippen LogP contribution in [0.25, 0.3) is 0 Å². The van der Waals surface area contributed by atoms with E-state index in [1.54, 1.807) is 19.1 Å². The fourth-order valence-electron chi connectivity index (χ4n) is 1.64. The van der Waals surface area contributed by atoms with Gasteiger partial charge in [-0.05, 0) is 31.0 Å². The molecule has 0 radical (unpaired) electrons. The van der Waals surface area contributed by atoms with Crippen LogP contribution in [0.5, 0.6) is 0 Å². The number of likely N-dealkylation sites (N-methyl/N-ethyl adjacent to an activating group) is 1. The fraction of sp³-hybridized carbons (Fsp3) is 0.538. The molecule has 0 bridgehead atoms. The third-order valence-corrected chi connectivity index (χ3v) is 5.16. The number of benzene rings is 1. The lowest BCUT2D eigenvalue weighted by Gasteiger charge is -2.23. The van der Waals surface area contributed by atoms with E-state index in [-0.39, 0.29) is 11.5 Å². The molecule has 0 heterocycles. The van der Waals surface area contributed by atoms with Crippen LogP contribution < -0.4 is 0 Å². The van der Waals surface area contributed by atoms with Gasteiger partial charge in [-0.1, -0.05) is 19.1 Å². The van der Waals surface area contributed by atoms with Gasteiger partial charge in [0, 0.05) is 13.1 Å². The van der Waals surface area contributed by atoms with Crippen molar-refractivity contribution in [3.63, 3.8) is 0 Å². The maximum absolute atomic E-state index is 12.3. The summed E-state index contributed by atoms with van der Waals surface area (Å²) in [6.07, 6.45) is -0.150. The Morgan fingerprint density at radius 2 is 2.00 bits per heavy atom. The molecule has 0 aromatic heterocycles. The first-order chi connectivity index (χ1) is 8.84. The quantitative estimate of drug-likeness (QED) is 0.822. The Hall–Kier alpha value is -0.950. The standard InChI is InChI=1S/C13H21NO4S/c1-4-13(16)11-6-5-7-12(8-11)19(17,18)14(3)10(2)9-15/h5-8,10,13,15-16H,4,9H2,1-3H3. The van der Waals surface area contributed by atoms with Crippen molar-refractivity contribution >= 4 is 10.0 Å². The molecule has 6 heteroatoms. The highest BCUT2D eigenvalue weighted by atomic mass is 32.2. The lowest BCUT2D eigenvalue weighted by Crippen LogP contribution is -2.37. The Labute approximate surface area is 114 Å². The van der Waals surface area contributed by atoms with E-state index in [0.29, 0.717) is 12.0 Å². The average molecular weight is 287 g/mol. The Balaban J connectivity index is 3.15. The van der Waals surface area contributed by atoms with Crippen molar-refractivity contribution in [2.45, 2.75) is 37.3 Å². The number of aliphatic hydroxyl groups is 2. The molecule has 108 valence electrons. The van der Waals surface area contributed by atoms with E-state index >= 15 is 0 Å². The summed E-state index contributed by atoms with van der Waals surface area (Å²) in [5.74, 6) is 0. The van der Waals surface area contributed by atoms with Crippen molar-refractivity contribution in [1.29, 1.82) is 0 Å². The third kappa shape index (κ3) is 3.54. The molecule has 0 spiro atoms. The Kier molecular flexibility index (Phi) is 5.49. The first-order valence-electron chi connectivity index (χ1n) is 6.21. The van der Waals surface area contributed by atoms with Crippen LogP contribution in [-0.2, 0) is 10.0 Å². The van der Waals surface area contributed by atoms with Gasteiger partial charge in [0.1, 0.15) is 0 Å². The van der Waals surface area contributed by atoms with Gasteiger partial charge in [-0.25, -0.2) is 8.42 Å². The van der Waals surface area contributed by atoms with Crippen molar-refractivity contribution in [2.24, 2.45) is 0 Å². The van der Waals surface area contributed by atoms with Gasteiger partial charge < -0.3 is 10.2 Å². The lowest BCUT2D eigenvalue weighted by atomic mass is 10.1. The molecule has 0 fully saturated rings. The van der Waals surface area contributed by atoms with Crippen LogP contribution in [0.2, 0.25) is 0 Å². The van der Waals surface area contributed by atoms with E-state index in [1.165, 1.54) is 19.2 Å². The average Bonchev–Trinajstić information content (AvgIpc) is 2.44. The van der Waals surface area contributed by atoms with E-state index in [4.69, 9.17) is 5.11 Å². The van der Waals surface area contributed by atoms with Crippen molar-refractivity contribution in [1.82, 2.24) is 4.31 Å². The predicted molar refractivity (Wildman–Crippen MR) is 73.2 cm³/mol. The molecule has 2 unspecified atom stereocenters. The smallest absolute Gasteiger partial charge is 0.243 e. The van der Waals surface area contributed by atoms with E-state index in [1.807, 2.05) is 6.92 Å². The Morgan fingerprint density at radius 3 is 2.53 bits per heavy atom. The molecule has 2 N–H and O–H groups in total. The molecule has 0 aliphatic heterocycles. The van der Waals surface area contributed by atoms with E-state index < -0.39 is 22.2 Å². The second-order valence-electron chi connectivity index (χ2n) is 4.55. The lowest BCUT2D eigenvalue weighted by molar-refractivity contribution is 0.173. The second-order valence-corrected chi connectivity index (χ2v) is 6.55. The van der Waals surface area contributed by atoms with Crippen molar-refractivity contribution in [3.8, 4) is 0 Å². The highest BCUT2D eigenvalue weighted by molar-refractivity contribution is 7.89. The Morgan fingerprint density at radius 1 is 1.37 bits per heavy atom. The third-order valence-electron chi connectivity index (χ3n) is 3.19. The fourth-order valence-corrected chi connectivity index (χ4v) is 3.04. The van der Waals surface area contributed by atoms with Gasteiger partial charge in [0.05, 0.1) is 17.6 Å². The largest absolute Gasteiger partial charge is 0.395 e. The van der Waals surface area contributed by atoms with Gasteiger partial charge in [0.25, 0.3) is 0 Å². The molecular weight excluding hydrogens is 266 g/mol. The van der Waals surface area contributed by atoms with Crippen LogP contribution in [0.3, 0.4) is 0 Å². The predicted octanol–water partition coefficient (Wildman–Crippen LogP) is 1.13. The molecule has 2 atom stereocenters. The van der Waals surface area contributed by atoms with Crippen LogP contribution >= 0.6 is 0 Å².